The third-order valence-electron chi connectivity index (χ3n) is 10.3. The standard InChI is InChI=1S/C40H46N8O11S3/c1-38(2,3)59-36(54)41-27-16-11-10-15-26(27)40(25-13-8-7-9-14-25,42-37(55)58-19-17-29(50)56-5)39(18-12-20-62-39)21-28(49)44-48-30(34(52)53)24(23-61-35-43-45-46-47(35)4)22-60-33(48)31(57-6)32(48)51/h7-16,20,31,33H,17-19,21-23H2,1-6H3,(H3-,41,42,44,49,52,53,54,55)/p+1/t31-,33+,39-,40?,48?/m1/s1. The number of esters is 1. The number of hydrogen-bond donors (Lipinski definition) is 4. The van der Waals surface area contributed by atoms with Crippen LogP contribution in [0.3, 0.4) is 0 Å². The number of tetrazole rings is 1. The van der Waals surface area contributed by atoms with Crippen molar-refractivity contribution in [3.05, 3.63) is 88.5 Å². The lowest BCUT2D eigenvalue weighted by Gasteiger charge is -2.53. The number of fused-ring (bicyclic) bond motifs is 1. The maximum atomic E-state index is 15.1. The fourth-order valence-corrected chi connectivity index (χ4v) is 11.5. The quantitative estimate of drug-likeness (QED) is 0.0510. The molecule has 1 aromatic heterocycles. The lowest BCUT2D eigenvalue weighted by molar-refractivity contribution is -0.894. The summed E-state index contributed by atoms with van der Waals surface area (Å²) in [6.07, 6.45) is -1.51. The van der Waals surface area contributed by atoms with Crippen LogP contribution in [0.2, 0.25) is 0 Å². The van der Waals surface area contributed by atoms with Crippen LogP contribution in [0, 0.1) is 0 Å². The predicted octanol–water partition coefficient (Wildman–Crippen LogP) is 4.48. The van der Waals surface area contributed by atoms with Crippen LogP contribution < -0.4 is 16.1 Å². The number of hydrogen-bond acceptors (Lipinski definition) is 16. The van der Waals surface area contributed by atoms with Crippen molar-refractivity contribution in [3.63, 3.8) is 0 Å². The highest BCUT2D eigenvalue weighted by molar-refractivity contribution is 8.03. The number of carbonyl (C=O) groups is 6. The van der Waals surface area contributed by atoms with E-state index in [0.717, 1.165) is 0 Å². The molecule has 22 heteroatoms. The van der Waals surface area contributed by atoms with E-state index in [1.54, 1.807) is 87.8 Å². The molecule has 1 fully saturated rings. The van der Waals surface area contributed by atoms with Gasteiger partial charge in [-0.05, 0) is 54.7 Å². The molecule has 3 aliphatic heterocycles. The Bertz CT molecular complexity index is 2280. The molecule has 4 heterocycles. The summed E-state index contributed by atoms with van der Waals surface area (Å²) in [6.45, 7) is 4.79. The predicted molar refractivity (Wildman–Crippen MR) is 228 cm³/mol. The summed E-state index contributed by atoms with van der Waals surface area (Å²) in [6, 6.07) is 15.5. The second kappa shape index (κ2) is 18.9. The lowest BCUT2D eigenvalue weighted by Crippen LogP contribution is -2.83. The smallest absolute Gasteiger partial charge is 0.412 e. The van der Waals surface area contributed by atoms with Crippen LogP contribution >= 0.6 is 35.3 Å². The first-order valence-corrected chi connectivity index (χ1v) is 22.1. The maximum absolute atomic E-state index is 15.1. The highest BCUT2D eigenvalue weighted by atomic mass is 32.2. The number of aryl methyl sites for hydroxylation is 1. The van der Waals surface area contributed by atoms with Crippen LogP contribution in [-0.4, -0.2) is 120 Å². The van der Waals surface area contributed by atoms with Crippen molar-refractivity contribution in [2.75, 3.05) is 37.6 Å². The summed E-state index contributed by atoms with van der Waals surface area (Å²) in [4.78, 5) is 82.2. The minimum absolute atomic E-state index is 0.0979. The van der Waals surface area contributed by atoms with E-state index < -0.39 is 74.3 Å². The van der Waals surface area contributed by atoms with Gasteiger partial charge < -0.3 is 29.4 Å². The number of rotatable bonds is 16. The van der Waals surface area contributed by atoms with Gasteiger partial charge in [0.15, 0.2) is 0 Å². The normalized spacial score (nSPS) is 22.7. The molecule has 330 valence electrons. The van der Waals surface area contributed by atoms with Gasteiger partial charge in [-0.1, -0.05) is 78.1 Å². The number of thioether (sulfide) groups is 3. The van der Waals surface area contributed by atoms with Crippen LogP contribution in [0.1, 0.15) is 51.2 Å². The fourth-order valence-electron chi connectivity index (χ4n) is 7.71. The average molecular weight is 912 g/mol. The number of nitrogens with zero attached hydrogens (tertiary/aromatic N) is 5. The number of carboxylic acid groups (broad SMARTS) is 1. The third kappa shape index (κ3) is 9.05. The molecular formula is C40H47N8O11S3+. The van der Waals surface area contributed by atoms with Crippen LogP contribution in [0.4, 0.5) is 15.3 Å². The second-order valence-electron chi connectivity index (χ2n) is 15.3. The number of methoxy groups -OCH3 is 2. The van der Waals surface area contributed by atoms with E-state index in [2.05, 4.69) is 31.6 Å². The Balaban J connectivity index is 1.48. The van der Waals surface area contributed by atoms with Gasteiger partial charge in [0.1, 0.15) is 17.7 Å². The van der Waals surface area contributed by atoms with Gasteiger partial charge in [0.2, 0.25) is 16.6 Å². The van der Waals surface area contributed by atoms with Crippen LogP contribution in [0.25, 0.3) is 0 Å². The zero-order chi connectivity index (χ0) is 44.9. The largest absolute Gasteiger partial charge is 0.474 e. The number of anilines is 1. The van der Waals surface area contributed by atoms with Gasteiger partial charge in [-0.15, -0.1) is 21.5 Å². The topological polar surface area (TPSA) is 239 Å². The van der Waals surface area contributed by atoms with Gasteiger partial charge >= 0.3 is 30.0 Å². The highest BCUT2D eigenvalue weighted by Gasteiger charge is 2.73. The summed E-state index contributed by atoms with van der Waals surface area (Å²) >= 11 is 3.68. The van der Waals surface area contributed by atoms with Crippen molar-refractivity contribution >= 4 is 76.9 Å². The molecule has 0 bridgehead atoms. The third-order valence-corrected chi connectivity index (χ3v) is 14.2. The van der Waals surface area contributed by atoms with E-state index in [-0.39, 0.29) is 42.3 Å². The Hall–Kier alpha value is -5.42. The number of quaternary nitrogens is 1. The van der Waals surface area contributed by atoms with E-state index in [0.29, 0.717) is 21.9 Å². The zero-order valence-electron chi connectivity index (χ0n) is 34.7. The molecule has 4 amide bonds. The maximum Gasteiger partial charge on any atom is 0.412 e. The van der Waals surface area contributed by atoms with Gasteiger partial charge in [-0.25, -0.2) is 23.9 Å². The number of alkyl carbamates (subject to hydrolysis) is 1. The monoisotopic (exact) mass is 911 g/mol. The van der Waals surface area contributed by atoms with Gasteiger partial charge in [0, 0.05) is 48.9 Å². The fraction of sp³-hybridized carbons (Fsp3) is 0.425. The molecule has 2 aromatic carbocycles. The molecule has 1 saturated heterocycles. The van der Waals surface area contributed by atoms with E-state index in [1.165, 1.54) is 54.2 Å². The van der Waals surface area contributed by atoms with E-state index in [1.807, 2.05) is 6.08 Å². The molecule has 19 nitrogen and oxygen atoms in total. The number of aromatic nitrogens is 4. The molecule has 4 N–H and O–H groups in total. The van der Waals surface area contributed by atoms with E-state index in [4.69, 9.17) is 18.9 Å². The summed E-state index contributed by atoms with van der Waals surface area (Å²) in [5.41, 5.74) is 1.29. The van der Waals surface area contributed by atoms with Gasteiger partial charge in [-0.2, -0.15) is 5.43 Å². The number of β-lactam (4-membered cyclic amide) rings is 1. The Morgan fingerprint density at radius 3 is 2.40 bits per heavy atom. The number of benzene rings is 2. The summed E-state index contributed by atoms with van der Waals surface area (Å²) in [5.74, 6) is -3.12. The molecular weight excluding hydrogens is 865 g/mol. The van der Waals surface area contributed by atoms with Crippen molar-refractivity contribution in [2.24, 2.45) is 7.05 Å². The zero-order valence-corrected chi connectivity index (χ0v) is 37.2. The van der Waals surface area contributed by atoms with Crippen molar-refractivity contribution in [3.8, 4) is 0 Å². The first-order chi connectivity index (χ1) is 29.5. The summed E-state index contributed by atoms with van der Waals surface area (Å²) in [7, 11) is 4.20. The lowest BCUT2D eigenvalue weighted by atomic mass is 9.68. The number of carboxylic acids is 1. The number of ether oxygens (including phenoxy) is 4. The Morgan fingerprint density at radius 2 is 1.77 bits per heavy atom. The highest BCUT2D eigenvalue weighted by Crippen LogP contribution is 2.57. The number of para-hydroxylation sites is 1. The number of amides is 4. The molecule has 0 aliphatic carbocycles. The van der Waals surface area contributed by atoms with Crippen molar-refractivity contribution < 1.29 is 57.4 Å². The number of nitrogens with one attached hydrogen (secondary N) is 3. The molecule has 3 aliphatic rings. The average Bonchev–Trinajstić information content (AvgIpc) is 3.88. The van der Waals surface area contributed by atoms with Crippen molar-refractivity contribution in [2.45, 2.75) is 72.6 Å². The first-order valence-electron chi connectivity index (χ1n) is 19.2. The minimum atomic E-state index is -1.75. The Morgan fingerprint density at radius 1 is 1.05 bits per heavy atom. The van der Waals surface area contributed by atoms with Gasteiger partial charge in [0.05, 0.1) is 18.3 Å². The van der Waals surface area contributed by atoms with E-state index in [9.17, 15) is 29.1 Å². The molecule has 6 rings (SSSR count). The number of carbonyl (C=O) groups excluding carboxylic acids is 5. The second-order valence-corrected chi connectivity index (χ2v) is 18.7. The molecule has 5 atom stereocenters. The van der Waals surface area contributed by atoms with Crippen molar-refractivity contribution in [1.29, 1.82) is 0 Å². The van der Waals surface area contributed by atoms with E-state index >= 15 is 4.79 Å². The Kier molecular flexibility index (Phi) is 14.1. The van der Waals surface area contributed by atoms with Gasteiger partial charge in [0.25, 0.3) is 11.6 Å². The molecule has 0 radical (unpaired) electrons. The molecule has 0 saturated carbocycles. The first kappa shape index (κ1) is 46.1. The summed E-state index contributed by atoms with van der Waals surface area (Å²) < 4.78 is 20.4. The van der Waals surface area contributed by atoms with Crippen LogP contribution in [-0.2, 0) is 50.7 Å². The Labute approximate surface area is 369 Å². The SMILES string of the molecule is COC(=O)CCOC(=O)NC(c1ccccc1)(c1ccccc1NC(=O)OC(C)(C)C)[C@]1(CC(=O)N[N+]23C(=O)[C@@H](OC)[C@@H]2SCC(CSc2nnnn2C)=C3C(=O)O)CC=CS1. The molecule has 2 unspecified atom stereocenters. The number of allylic oxidation sites excluding steroid dienone is 1. The van der Waals surface area contributed by atoms with Crippen molar-refractivity contribution in [1.82, 2.24) is 30.9 Å². The molecule has 0 spiro atoms. The minimum Gasteiger partial charge on any atom is -0.474 e. The van der Waals surface area contributed by atoms with Crippen LogP contribution in [0.5, 0.6) is 0 Å². The molecule has 3 aromatic rings. The van der Waals surface area contributed by atoms with Gasteiger partial charge in [-0.3, -0.25) is 14.9 Å². The number of aliphatic carboxylic acids is 1. The molecule has 62 heavy (non-hydrogen) atoms. The summed E-state index contributed by atoms with van der Waals surface area (Å²) in [5, 5.41) is 29.5. The van der Waals surface area contributed by atoms with Crippen LogP contribution in [0.15, 0.2) is 82.5 Å².